The third-order valence-electron chi connectivity index (χ3n) is 3.60. The number of benzene rings is 1. The molecule has 0 bridgehead atoms. The predicted molar refractivity (Wildman–Crippen MR) is 92.5 cm³/mol. The summed E-state index contributed by atoms with van der Waals surface area (Å²) in [5.74, 6) is 1.03. The lowest BCUT2D eigenvalue weighted by Crippen LogP contribution is -2.36. The van der Waals surface area contributed by atoms with Crippen LogP contribution in [0, 0.1) is 6.92 Å². The van der Waals surface area contributed by atoms with Crippen LogP contribution in [0.4, 0.5) is 0 Å². The van der Waals surface area contributed by atoms with Crippen LogP contribution < -0.4 is 10.6 Å². The molecule has 0 unspecified atom stereocenters. The molecule has 0 aliphatic carbocycles. The Hall–Kier alpha value is -2.14. The highest BCUT2D eigenvalue weighted by molar-refractivity contribution is 5.76. The van der Waals surface area contributed by atoms with Crippen molar-refractivity contribution >= 4 is 5.91 Å². The number of nitrogens with zero attached hydrogens (tertiary/aromatic N) is 2. The van der Waals surface area contributed by atoms with Crippen molar-refractivity contribution in [3.8, 4) is 5.69 Å². The maximum atomic E-state index is 11.8. The quantitative estimate of drug-likeness (QED) is 0.826. The Bertz CT molecular complexity index is 634. The lowest BCUT2D eigenvalue weighted by molar-refractivity contribution is -0.122. The number of hydrogen-bond acceptors (Lipinski definition) is 3. The van der Waals surface area contributed by atoms with E-state index < -0.39 is 0 Å². The molecule has 1 amide bonds. The molecule has 0 spiro atoms. The number of para-hydroxylation sites is 1. The zero-order valence-corrected chi connectivity index (χ0v) is 14.3. The van der Waals surface area contributed by atoms with Crippen molar-refractivity contribution < 1.29 is 4.79 Å². The first-order valence-electron chi connectivity index (χ1n) is 8.08. The Balaban J connectivity index is 1.98. The molecule has 0 aliphatic rings. The molecule has 2 rings (SSSR count). The standard InChI is InChI=1S/C18H26N4O/c1-13(2)21-18(23)10-14(3)19-11-17-12-20-15(4)22(17)16-8-6-5-7-9-16/h5-9,12-14,19H,10-11H2,1-4H3,(H,21,23)/t14-/m0/s1. The van der Waals surface area contributed by atoms with Crippen LogP contribution in [0.25, 0.3) is 5.69 Å². The average molecular weight is 314 g/mol. The largest absolute Gasteiger partial charge is 0.354 e. The minimum absolute atomic E-state index is 0.0766. The van der Waals surface area contributed by atoms with Crippen molar-refractivity contribution in [1.29, 1.82) is 0 Å². The number of aryl methyl sites for hydroxylation is 1. The van der Waals surface area contributed by atoms with Gasteiger partial charge in [-0.15, -0.1) is 0 Å². The van der Waals surface area contributed by atoms with Crippen LogP contribution in [0.5, 0.6) is 0 Å². The molecule has 0 aliphatic heterocycles. The molecule has 5 nitrogen and oxygen atoms in total. The van der Waals surface area contributed by atoms with Gasteiger partial charge in [0.2, 0.25) is 5.91 Å². The van der Waals surface area contributed by atoms with E-state index in [0.29, 0.717) is 13.0 Å². The molecule has 1 heterocycles. The van der Waals surface area contributed by atoms with Crippen LogP contribution >= 0.6 is 0 Å². The number of carbonyl (C=O) groups excluding carboxylic acids is 1. The summed E-state index contributed by atoms with van der Waals surface area (Å²) < 4.78 is 2.13. The minimum atomic E-state index is 0.0766. The van der Waals surface area contributed by atoms with Gasteiger partial charge < -0.3 is 10.6 Å². The molecular formula is C18H26N4O. The summed E-state index contributed by atoms with van der Waals surface area (Å²) in [4.78, 5) is 16.2. The van der Waals surface area contributed by atoms with Crippen molar-refractivity contribution in [2.45, 2.75) is 52.7 Å². The molecular weight excluding hydrogens is 288 g/mol. The van der Waals surface area contributed by atoms with Gasteiger partial charge in [0, 0.05) is 30.7 Å². The Morgan fingerprint density at radius 2 is 1.91 bits per heavy atom. The fourth-order valence-electron chi connectivity index (χ4n) is 2.56. The van der Waals surface area contributed by atoms with Crippen LogP contribution in [-0.4, -0.2) is 27.5 Å². The van der Waals surface area contributed by atoms with Gasteiger partial charge in [0.05, 0.1) is 11.9 Å². The molecule has 1 aromatic heterocycles. The summed E-state index contributed by atoms with van der Waals surface area (Å²) in [5.41, 5.74) is 2.19. The molecule has 0 saturated heterocycles. The molecule has 2 N–H and O–H groups in total. The van der Waals surface area contributed by atoms with Crippen molar-refractivity contribution in [2.24, 2.45) is 0 Å². The fraction of sp³-hybridized carbons (Fsp3) is 0.444. The average Bonchev–Trinajstić information content (AvgIpc) is 2.86. The first kappa shape index (κ1) is 17.2. The van der Waals surface area contributed by atoms with Crippen LogP contribution in [0.15, 0.2) is 36.5 Å². The molecule has 1 aromatic carbocycles. The first-order chi connectivity index (χ1) is 11.0. The van der Waals surface area contributed by atoms with Crippen LogP contribution in [-0.2, 0) is 11.3 Å². The number of nitrogens with one attached hydrogen (secondary N) is 2. The third kappa shape index (κ3) is 4.93. The Labute approximate surface area is 138 Å². The number of hydrogen-bond donors (Lipinski definition) is 2. The molecule has 124 valence electrons. The smallest absolute Gasteiger partial charge is 0.221 e. The zero-order valence-electron chi connectivity index (χ0n) is 14.3. The summed E-state index contributed by atoms with van der Waals surface area (Å²) in [5, 5.41) is 6.32. The minimum Gasteiger partial charge on any atom is -0.354 e. The van der Waals surface area contributed by atoms with Crippen molar-refractivity contribution in [1.82, 2.24) is 20.2 Å². The van der Waals surface area contributed by atoms with Gasteiger partial charge in [-0.2, -0.15) is 0 Å². The molecule has 2 aromatic rings. The van der Waals surface area contributed by atoms with Gasteiger partial charge in [0.15, 0.2) is 0 Å². The molecule has 0 radical (unpaired) electrons. The third-order valence-corrected chi connectivity index (χ3v) is 3.60. The van der Waals surface area contributed by atoms with Gasteiger partial charge >= 0.3 is 0 Å². The van der Waals surface area contributed by atoms with E-state index in [0.717, 1.165) is 17.2 Å². The highest BCUT2D eigenvalue weighted by Crippen LogP contribution is 2.14. The molecule has 23 heavy (non-hydrogen) atoms. The summed E-state index contributed by atoms with van der Waals surface area (Å²) >= 11 is 0. The van der Waals surface area contributed by atoms with Crippen molar-refractivity contribution in [2.75, 3.05) is 0 Å². The second kappa shape index (κ2) is 7.92. The Morgan fingerprint density at radius 1 is 1.22 bits per heavy atom. The van der Waals surface area contributed by atoms with E-state index in [9.17, 15) is 4.79 Å². The highest BCUT2D eigenvalue weighted by Gasteiger charge is 2.12. The number of rotatable bonds is 7. The lowest BCUT2D eigenvalue weighted by Gasteiger charge is -2.16. The molecule has 1 atom stereocenters. The summed E-state index contributed by atoms with van der Waals surface area (Å²) in [6.45, 7) is 8.63. The number of amides is 1. The number of aromatic nitrogens is 2. The van der Waals surface area contributed by atoms with Gasteiger partial charge in [-0.3, -0.25) is 9.36 Å². The summed E-state index contributed by atoms with van der Waals surface area (Å²) in [6.07, 6.45) is 2.35. The van der Waals surface area contributed by atoms with Crippen LogP contribution in [0.3, 0.4) is 0 Å². The van der Waals surface area contributed by atoms with Crippen molar-refractivity contribution in [3.63, 3.8) is 0 Å². The monoisotopic (exact) mass is 314 g/mol. The van der Waals surface area contributed by atoms with E-state index in [2.05, 4.69) is 32.3 Å². The van der Waals surface area contributed by atoms with Crippen LogP contribution in [0.2, 0.25) is 0 Å². The summed E-state index contributed by atoms with van der Waals surface area (Å²) in [6, 6.07) is 10.5. The maximum Gasteiger partial charge on any atom is 0.221 e. The van der Waals surface area contributed by atoms with Gasteiger partial charge in [-0.05, 0) is 39.8 Å². The molecule has 0 fully saturated rings. The van der Waals surface area contributed by atoms with E-state index in [1.165, 1.54) is 0 Å². The van der Waals surface area contributed by atoms with E-state index in [1.54, 1.807) is 0 Å². The second-order valence-electron chi connectivity index (χ2n) is 6.18. The lowest BCUT2D eigenvalue weighted by atomic mass is 10.2. The second-order valence-corrected chi connectivity index (χ2v) is 6.18. The molecule has 0 saturated carbocycles. The predicted octanol–water partition coefficient (Wildman–Crippen LogP) is 2.57. The Morgan fingerprint density at radius 3 is 2.57 bits per heavy atom. The number of imidazole rings is 1. The first-order valence-corrected chi connectivity index (χ1v) is 8.08. The Kier molecular flexibility index (Phi) is 5.93. The van der Waals surface area contributed by atoms with Gasteiger partial charge in [-0.25, -0.2) is 4.98 Å². The van der Waals surface area contributed by atoms with Gasteiger partial charge in [-0.1, -0.05) is 18.2 Å². The summed E-state index contributed by atoms with van der Waals surface area (Å²) in [7, 11) is 0. The van der Waals surface area contributed by atoms with Gasteiger partial charge in [0.1, 0.15) is 5.82 Å². The highest BCUT2D eigenvalue weighted by atomic mass is 16.1. The maximum absolute atomic E-state index is 11.8. The molecule has 5 heteroatoms. The van der Waals surface area contributed by atoms with Crippen LogP contribution in [0.1, 0.15) is 38.7 Å². The normalized spacial score (nSPS) is 12.4. The van der Waals surface area contributed by atoms with Gasteiger partial charge in [0.25, 0.3) is 0 Å². The van der Waals surface area contributed by atoms with E-state index in [1.807, 2.05) is 52.1 Å². The zero-order chi connectivity index (χ0) is 16.8. The van der Waals surface area contributed by atoms with E-state index >= 15 is 0 Å². The van der Waals surface area contributed by atoms with E-state index in [4.69, 9.17) is 0 Å². The SMILES string of the molecule is Cc1ncc(CN[C@@H](C)CC(=O)NC(C)C)n1-c1ccccc1. The fourth-order valence-corrected chi connectivity index (χ4v) is 2.56. The number of carbonyl (C=O) groups is 1. The van der Waals surface area contributed by atoms with Crippen molar-refractivity contribution in [3.05, 3.63) is 48.0 Å². The van der Waals surface area contributed by atoms with E-state index in [-0.39, 0.29) is 18.0 Å². The topological polar surface area (TPSA) is 59.0 Å².